The lowest BCUT2D eigenvalue weighted by atomic mass is 9.88. The standard InChI is InChI=1S/C13H23N5/c1-2-7-14-11(5-1)10-4-3-6-12(10)15-8-13-16-9-17-18-13/h9-12,14-15H,1-8H2,(H,16,17,18). The van der Waals surface area contributed by atoms with Crippen LogP contribution >= 0.6 is 0 Å². The quantitative estimate of drug-likeness (QED) is 0.750. The van der Waals surface area contributed by atoms with E-state index in [2.05, 4.69) is 25.8 Å². The first-order chi connectivity index (χ1) is 8.93. The molecule has 0 aromatic carbocycles. The normalized spacial score (nSPS) is 32.8. The van der Waals surface area contributed by atoms with Crippen LogP contribution in [0.15, 0.2) is 6.33 Å². The predicted octanol–water partition coefficient (Wildman–Crippen LogP) is 1.21. The zero-order chi connectivity index (χ0) is 12.2. The van der Waals surface area contributed by atoms with E-state index in [0.29, 0.717) is 6.04 Å². The smallest absolute Gasteiger partial charge is 0.138 e. The summed E-state index contributed by atoms with van der Waals surface area (Å²) < 4.78 is 0. The fourth-order valence-electron chi connectivity index (χ4n) is 3.51. The van der Waals surface area contributed by atoms with Crippen LogP contribution in [0.3, 0.4) is 0 Å². The van der Waals surface area contributed by atoms with E-state index in [1.165, 1.54) is 45.1 Å². The first-order valence-corrected chi connectivity index (χ1v) is 7.24. The SMILES string of the molecule is c1n[nH]c(CNC2CCCC2C2CCCCN2)n1. The number of hydrogen-bond acceptors (Lipinski definition) is 4. The molecular formula is C13H23N5. The molecule has 2 fully saturated rings. The molecule has 18 heavy (non-hydrogen) atoms. The van der Waals surface area contributed by atoms with Crippen molar-refractivity contribution in [1.82, 2.24) is 25.8 Å². The molecule has 3 unspecified atom stereocenters. The van der Waals surface area contributed by atoms with Crippen molar-refractivity contribution in [2.75, 3.05) is 6.54 Å². The summed E-state index contributed by atoms with van der Waals surface area (Å²) in [6.07, 6.45) is 9.69. The minimum Gasteiger partial charge on any atom is -0.314 e. The second kappa shape index (κ2) is 5.80. The summed E-state index contributed by atoms with van der Waals surface area (Å²) >= 11 is 0. The van der Waals surface area contributed by atoms with Crippen LogP contribution in [0.4, 0.5) is 0 Å². The third-order valence-electron chi connectivity index (χ3n) is 4.43. The zero-order valence-electron chi connectivity index (χ0n) is 10.9. The summed E-state index contributed by atoms with van der Waals surface area (Å²) in [7, 11) is 0. The van der Waals surface area contributed by atoms with Crippen molar-refractivity contribution in [3.05, 3.63) is 12.2 Å². The number of H-pyrrole nitrogens is 1. The van der Waals surface area contributed by atoms with Gasteiger partial charge in [-0.05, 0) is 38.1 Å². The van der Waals surface area contributed by atoms with Crippen LogP contribution in [-0.2, 0) is 6.54 Å². The van der Waals surface area contributed by atoms with Gasteiger partial charge in [-0.3, -0.25) is 5.10 Å². The van der Waals surface area contributed by atoms with Crippen LogP contribution in [0.5, 0.6) is 0 Å². The van der Waals surface area contributed by atoms with Gasteiger partial charge in [0.05, 0.1) is 6.54 Å². The van der Waals surface area contributed by atoms with Crippen molar-refractivity contribution < 1.29 is 0 Å². The van der Waals surface area contributed by atoms with Gasteiger partial charge in [0.1, 0.15) is 12.2 Å². The molecule has 1 aliphatic carbocycles. The molecule has 2 heterocycles. The Morgan fingerprint density at radius 1 is 1.22 bits per heavy atom. The number of aromatic nitrogens is 3. The van der Waals surface area contributed by atoms with Gasteiger partial charge in [0.15, 0.2) is 0 Å². The number of rotatable bonds is 4. The lowest BCUT2D eigenvalue weighted by molar-refractivity contribution is 0.256. The summed E-state index contributed by atoms with van der Waals surface area (Å²) in [5, 5.41) is 14.2. The van der Waals surface area contributed by atoms with Crippen molar-refractivity contribution in [3.8, 4) is 0 Å². The Morgan fingerprint density at radius 2 is 2.22 bits per heavy atom. The fraction of sp³-hybridized carbons (Fsp3) is 0.846. The monoisotopic (exact) mass is 249 g/mol. The maximum atomic E-state index is 4.17. The Labute approximate surface area is 108 Å². The molecule has 3 N–H and O–H groups in total. The number of piperidine rings is 1. The summed E-state index contributed by atoms with van der Waals surface area (Å²) in [5.74, 6) is 1.74. The topological polar surface area (TPSA) is 65.6 Å². The Morgan fingerprint density at radius 3 is 3.00 bits per heavy atom. The molecule has 0 bridgehead atoms. The molecule has 3 atom stereocenters. The molecule has 2 aliphatic rings. The minimum absolute atomic E-state index is 0.644. The van der Waals surface area contributed by atoms with Crippen LogP contribution in [0.25, 0.3) is 0 Å². The van der Waals surface area contributed by atoms with E-state index in [9.17, 15) is 0 Å². The molecule has 5 heteroatoms. The average Bonchev–Trinajstić information content (AvgIpc) is 3.09. The molecule has 100 valence electrons. The lowest BCUT2D eigenvalue weighted by Crippen LogP contribution is -2.46. The number of nitrogens with one attached hydrogen (secondary N) is 3. The largest absolute Gasteiger partial charge is 0.314 e. The molecular weight excluding hydrogens is 226 g/mol. The molecule has 3 rings (SSSR count). The van der Waals surface area contributed by atoms with Crippen LogP contribution in [-0.4, -0.2) is 33.8 Å². The van der Waals surface area contributed by atoms with Gasteiger partial charge in [-0.2, -0.15) is 5.10 Å². The molecule has 0 radical (unpaired) electrons. The van der Waals surface area contributed by atoms with Gasteiger partial charge in [-0.25, -0.2) is 4.98 Å². The zero-order valence-corrected chi connectivity index (χ0v) is 10.9. The summed E-state index contributed by atoms with van der Waals surface area (Å²) in [6.45, 7) is 2.02. The van der Waals surface area contributed by atoms with Crippen molar-refractivity contribution in [2.24, 2.45) is 5.92 Å². The molecule has 1 saturated heterocycles. The third kappa shape index (κ3) is 2.72. The average molecular weight is 249 g/mol. The van der Waals surface area contributed by atoms with Crippen LogP contribution in [0, 0.1) is 5.92 Å². The van der Waals surface area contributed by atoms with Gasteiger partial charge in [-0.15, -0.1) is 0 Å². The second-order valence-corrected chi connectivity index (χ2v) is 5.57. The summed E-state index contributed by atoms with van der Waals surface area (Å²) in [6, 6.07) is 1.37. The highest BCUT2D eigenvalue weighted by molar-refractivity contribution is 4.93. The van der Waals surface area contributed by atoms with Crippen molar-refractivity contribution in [3.63, 3.8) is 0 Å². The Hall–Kier alpha value is -0.940. The molecule has 1 aliphatic heterocycles. The number of aromatic amines is 1. The van der Waals surface area contributed by atoms with E-state index in [0.717, 1.165) is 24.3 Å². The van der Waals surface area contributed by atoms with E-state index in [4.69, 9.17) is 0 Å². The highest BCUT2D eigenvalue weighted by Gasteiger charge is 2.33. The van der Waals surface area contributed by atoms with Gasteiger partial charge in [0.25, 0.3) is 0 Å². The van der Waals surface area contributed by atoms with Crippen LogP contribution < -0.4 is 10.6 Å². The maximum absolute atomic E-state index is 4.17. The molecule has 1 saturated carbocycles. The minimum atomic E-state index is 0.644. The molecule has 1 aromatic rings. The van der Waals surface area contributed by atoms with E-state index in [1.54, 1.807) is 6.33 Å². The fourth-order valence-corrected chi connectivity index (χ4v) is 3.51. The van der Waals surface area contributed by atoms with Crippen LogP contribution in [0.2, 0.25) is 0 Å². The number of hydrogen-bond donors (Lipinski definition) is 3. The Kier molecular flexibility index (Phi) is 3.90. The third-order valence-corrected chi connectivity index (χ3v) is 4.43. The second-order valence-electron chi connectivity index (χ2n) is 5.57. The van der Waals surface area contributed by atoms with Gasteiger partial charge in [-0.1, -0.05) is 12.8 Å². The number of nitrogens with zero attached hydrogens (tertiary/aromatic N) is 2. The molecule has 5 nitrogen and oxygen atoms in total. The summed E-state index contributed by atoms with van der Waals surface area (Å²) in [4.78, 5) is 4.17. The van der Waals surface area contributed by atoms with E-state index >= 15 is 0 Å². The van der Waals surface area contributed by atoms with Gasteiger partial charge in [0.2, 0.25) is 0 Å². The van der Waals surface area contributed by atoms with Gasteiger partial charge in [0, 0.05) is 12.1 Å². The maximum Gasteiger partial charge on any atom is 0.138 e. The van der Waals surface area contributed by atoms with E-state index < -0.39 is 0 Å². The van der Waals surface area contributed by atoms with E-state index in [1.807, 2.05) is 0 Å². The highest BCUT2D eigenvalue weighted by atomic mass is 15.2. The Balaban J connectivity index is 1.53. The van der Waals surface area contributed by atoms with Crippen molar-refractivity contribution in [1.29, 1.82) is 0 Å². The lowest BCUT2D eigenvalue weighted by Gasteiger charge is -2.33. The predicted molar refractivity (Wildman–Crippen MR) is 70.0 cm³/mol. The van der Waals surface area contributed by atoms with Gasteiger partial charge < -0.3 is 10.6 Å². The van der Waals surface area contributed by atoms with E-state index in [-0.39, 0.29) is 0 Å². The Bertz CT molecular complexity index is 344. The van der Waals surface area contributed by atoms with Crippen molar-refractivity contribution in [2.45, 2.75) is 57.2 Å². The molecule has 0 spiro atoms. The highest BCUT2D eigenvalue weighted by Crippen LogP contribution is 2.31. The van der Waals surface area contributed by atoms with Crippen LogP contribution in [0.1, 0.15) is 44.3 Å². The summed E-state index contributed by atoms with van der Waals surface area (Å²) in [5.41, 5.74) is 0. The van der Waals surface area contributed by atoms with Gasteiger partial charge >= 0.3 is 0 Å². The molecule has 1 aromatic heterocycles. The van der Waals surface area contributed by atoms with Crippen molar-refractivity contribution >= 4 is 0 Å². The molecule has 0 amide bonds. The first-order valence-electron chi connectivity index (χ1n) is 7.24. The first kappa shape index (κ1) is 12.1.